The zero-order valence-electron chi connectivity index (χ0n) is 11.2. The van der Waals surface area contributed by atoms with E-state index in [1.807, 2.05) is 19.9 Å². The fraction of sp³-hybridized carbons (Fsp3) is 0.286. The maximum absolute atomic E-state index is 11.5. The monoisotopic (exact) mass is 274 g/mol. The molecule has 2 aromatic heterocycles. The predicted molar refractivity (Wildman–Crippen MR) is 74.5 cm³/mol. The van der Waals surface area contributed by atoms with Crippen LogP contribution in [0.3, 0.4) is 0 Å². The SMILES string of the molecule is CCOc1cc2ncc3c(=O)o[nH]c3c2cc1OCC. The van der Waals surface area contributed by atoms with Crippen LogP contribution in [-0.2, 0) is 0 Å². The lowest BCUT2D eigenvalue weighted by molar-refractivity contribution is 0.288. The van der Waals surface area contributed by atoms with E-state index >= 15 is 0 Å². The second-order valence-electron chi connectivity index (χ2n) is 4.22. The second kappa shape index (κ2) is 4.88. The largest absolute Gasteiger partial charge is 0.490 e. The van der Waals surface area contributed by atoms with E-state index < -0.39 is 5.63 Å². The highest BCUT2D eigenvalue weighted by molar-refractivity contribution is 6.03. The van der Waals surface area contributed by atoms with Gasteiger partial charge in [0.1, 0.15) is 5.39 Å². The zero-order valence-corrected chi connectivity index (χ0v) is 11.2. The first-order valence-corrected chi connectivity index (χ1v) is 6.44. The Balaban J connectivity index is 2.32. The van der Waals surface area contributed by atoms with E-state index in [4.69, 9.17) is 14.0 Å². The number of nitrogens with zero attached hydrogens (tertiary/aromatic N) is 1. The summed E-state index contributed by atoms with van der Waals surface area (Å²) in [4.78, 5) is 15.8. The molecular weight excluding hydrogens is 260 g/mol. The molecule has 0 bridgehead atoms. The van der Waals surface area contributed by atoms with Gasteiger partial charge in [0.25, 0.3) is 0 Å². The minimum atomic E-state index is -0.429. The molecule has 0 radical (unpaired) electrons. The number of hydrogen-bond acceptors (Lipinski definition) is 5. The molecule has 1 N–H and O–H groups in total. The Morgan fingerprint density at radius 2 is 1.85 bits per heavy atom. The van der Waals surface area contributed by atoms with Crippen LogP contribution in [0.15, 0.2) is 27.6 Å². The molecule has 104 valence electrons. The van der Waals surface area contributed by atoms with Crippen LogP contribution >= 0.6 is 0 Å². The van der Waals surface area contributed by atoms with Crippen molar-refractivity contribution in [2.45, 2.75) is 13.8 Å². The number of pyridine rings is 1. The summed E-state index contributed by atoms with van der Waals surface area (Å²) in [7, 11) is 0. The number of hydrogen-bond donors (Lipinski definition) is 1. The molecule has 0 saturated carbocycles. The second-order valence-corrected chi connectivity index (χ2v) is 4.22. The van der Waals surface area contributed by atoms with Gasteiger partial charge in [0.2, 0.25) is 0 Å². The van der Waals surface area contributed by atoms with Crippen molar-refractivity contribution in [2.24, 2.45) is 0 Å². The Labute approximate surface area is 114 Å². The summed E-state index contributed by atoms with van der Waals surface area (Å²) in [5, 5.41) is 3.81. The molecule has 1 aromatic carbocycles. The molecule has 20 heavy (non-hydrogen) atoms. The van der Waals surface area contributed by atoms with E-state index in [9.17, 15) is 4.79 Å². The third-order valence-corrected chi connectivity index (χ3v) is 3.00. The molecule has 0 saturated heterocycles. The molecule has 0 spiro atoms. The third kappa shape index (κ3) is 1.89. The summed E-state index contributed by atoms with van der Waals surface area (Å²) in [6.07, 6.45) is 1.50. The van der Waals surface area contributed by atoms with Crippen LogP contribution in [0.5, 0.6) is 11.5 Å². The molecule has 2 heterocycles. The number of ether oxygens (including phenoxy) is 2. The van der Waals surface area contributed by atoms with Gasteiger partial charge in [-0.2, -0.15) is 0 Å². The lowest BCUT2D eigenvalue weighted by atomic mass is 10.1. The third-order valence-electron chi connectivity index (χ3n) is 3.00. The van der Waals surface area contributed by atoms with Gasteiger partial charge in [-0.05, 0) is 19.9 Å². The topological polar surface area (TPSA) is 77.4 Å². The van der Waals surface area contributed by atoms with E-state index in [2.05, 4.69) is 10.1 Å². The molecule has 3 aromatic rings. The van der Waals surface area contributed by atoms with Crippen molar-refractivity contribution >= 4 is 21.8 Å². The van der Waals surface area contributed by atoms with Crippen LogP contribution in [-0.4, -0.2) is 23.4 Å². The molecule has 0 fully saturated rings. The van der Waals surface area contributed by atoms with Crippen molar-refractivity contribution in [1.82, 2.24) is 10.1 Å². The Morgan fingerprint density at radius 3 is 2.55 bits per heavy atom. The highest BCUT2D eigenvalue weighted by Gasteiger charge is 2.13. The molecule has 0 unspecified atom stereocenters. The van der Waals surface area contributed by atoms with Crippen LogP contribution < -0.4 is 15.1 Å². The summed E-state index contributed by atoms with van der Waals surface area (Å²) in [6.45, 7) is 4.87. The first kappa shape index (κ1) is 12.5. The van der Waals surface area contributed by atoms with Crippen LogP contribution in [0.1, 0.15) is 13.8 Å². The Morgan fingerprint density at radius 1 is 1.15 bits per heavy atom. The number of rotatable bonds is 4. The average Bonchev–Trinajstić information content (AvgIpc) is 2.82. The van der Waals surface area contributed by atoms with E-state index in [0.717, 1.165) is 5.39 Å². The van der Waals surface area contributed by atoms with Crippen molar-refractivity contribution in [3.05, 3.63) is 28.7 Å². The molecule has 0 amide bonds. The summed E-state index contributed by atoms with van der Waals surface area (Å²) in [5.41, 5.74) is 0.895. The molecule has 0 aliphatic rings. The first-order chi connectivity index (χ1) is 9.74. The summed E-state index contributed by atoms with van der Waals surface area (Å²) < 4.78 is 15.9. The number of H-pyrrole nitrogens is 1. The first-order valence-electron chi connectivity index (χ1n) is 6.44. The number of benzene rings is 1. The quantitative estimate of drug-likeness (QED) is 0.790. The van der Waals surface area contributed by atoms with Gasteiger partial charge < -0.3 is 14.0 Å². The van der Waals surface area contributed by atoms with E-state index in [1.54, 1.807) is 6.07 Å². The van der Waals surface area contributed by atoms with E-state index in [0.29, 0.717) is 41.1 Å². The molecule has 6 nitrogen and oxygen atoms in total. The molecule has 3 rings (SSSR count). The highest BCUT2D eigenvalue weighted by Crippen LogP contribution is 2.34. The van der Waals surface area contributed by atoms with Crippen molar-refractivity contribution in [3.8, 4) is 11.5 Å². The van der Waals surface area contributed by atoms with Crippen molar-refractivity contribution in [1.29, 1.82) is 0 Å². The van der Waals surface area contributed by atoms with Crippen LogP contribution in [0.25, 0.3) is 21.8 Å². The number of aromatic amines is 1. The average molecular weight is 274 g/mol. The molecular formula is C14H14N2O4. The van der Waals surface area contributed by atoms with Crippen molar-refractivity contribution in [3.63, 3.8) is 0 Å². The van der Waals surface area contributed by atoms with Crippen LogP contribution in [0, 0.1) is 0 Å². The smallest absolute Gasteiger partial charge is 0.366 e. The van der Waals surface area contributed by atoms with Gasteiger partial charge in [-0.3, -0.25) is 4.98 Å². The summed E-state index contributed by atoms with van der Waals surface area (Å²) in [6, 6.07) is 3.61. The maximum atomic E-state index is 11.5. The Kier molecular flexibility index (Phi) is 3.06. The van der Waals surface area contributed by atoms with Gasteiger partial charge in [-0.25, -0.2) is 9.95 Å². The number of aromatic nitrogens is 2. The minimum absolute atomic E-state index is 0.420. The van der Waals surface area contributed by atoms with Gasteiger partial charge in [0.05, 0.1) is 24.2 Å². The van der Waals surface area contributed by atoms with Gasteiger partial charge in [-0.1, -0.05) is 0 Å². The summed E-state index contributed by atoms with van der Waals surface area (Å²) in [5.74, 6) is 1.26. The van der Waals surface area contributed by atoms with Gasteiger partial charge in [0, 0.05) is 17.6 Å². The van der Waals surface area contributed by atoms with Gasteiger partial charge in [-0.15, -0.1) is 0 Å². The fourth-order valence-corrected chi connectivity index (χ4v) is 2.15. The lowest BCUT2D eigenvalue weighted by Crippen LogP contribution is -1.99. The zero-order chi connectivity index (χ0) is 14.1. The Bertz CT molecular complexity index is 819. The minimum Gasteiger partial charge on any atom is -0.490 e. The van der Waals surface area contributed by atoms with Gasteiger partial charge in [0.15, 0.2) is 11.5 Å². The number of nitrogens with one attached hydrogen (secondary N) is 1. The van der Waals surface area contributed by atoms with Crippen molar-refractivity contribution in [2.75, 3.05) is 13.2 Å². The van der Waals surface area contributed by atoms with Crippen LogP contribution in [0.4, 0.5) is 0 Å². The predicted octanol–water partition coefficient (Wildman–Crippen LogP) is 2.47. The summed E-state index contributed by atoms with van der Waals surface area (Å²) >= 11 is 0. The Hall–Kier alpha value is -2.50. The van der Waals surface area contributed by atoms with Crippen LogP contribution in [0.2, 0.25) is 0 Å². The molecule has 6 heteroatoms. The normalized spacial score (nSPS) is 11.1. The lowest BCUT2D eigenvalue weighted by Gasteiger charge is -2.11. The van der Waals surface area contributed by atoms with Gasteiger partial charge >= 0.3 is 5.63 Å². The molecule has 0 aliphatic carbocycles. The van der Waals surface area contributed by atoms with E-state index in [1.165, 1.54) is 6.20 Å². The molecule has 0 aliphatic heterocycles. The van der Waals surface area contributed by atoms with E-state index in [-0.39, 0.29) is 0 Å². The maximum Gasteiger partial charge on any atom is 0.366 e. The highest BCUT2D eigenvalue weighted by atomic mass is 16.5. The number of fused-ring (bicyclic) bond motifs is 3. The molecule has 0 atom stereocenters. The van der Waals surface area contributed by atoms with Crippen molar-refractivity contribution < 1.29 is 14.0 Å². The fourth-order valence-electron chi connectivity index (χ4n) is 2.15. The standard InChI is InChI=1S/C14H14N2O4/c1-3-18-11-5-8-10(6-12(11)19-4-2)15-7-9-13(8)16-20-14(9)17/h5-7,16H,3-4H2,1-2H3.